The summed E-state index contributed by atoms with van der Waals surface area (Å²) in [5, 5.41) is 9.79. The zero-order valence-electron chi connectivity index (χ0n) is 27.2. The molecule has 4 atom stereocenters. The molecule has 1 N–H and O–H groups in total. The average molecular weight is 662 g/mol. The van der Waals surface area contributed by atoms with E-state index in [1.807, 2.05) is 109 Å². The highest BCUT2D eigenvalue weighted by atomic mass is 16.5. The minimum absolute atomic E-state index is 0.0641. The Labute approximate surface area is 288 Å². The predicted molar refractivity (Wildman–Crippen MR) is 187 cm³/mol. The molecule has 2 amide bonds. The third-order valence-electron chi connectivity index (χ3n) is 10.6. The Morgan fingerprint density at radius 3 is 1.44 bits per heavy atom. The van der Waals surface area contributed by atoms with Crippen LogP contribution >= 0.6 is 0 Å². The SMILES string of the molecule is COc1ccc(C2=C(c3ccc(OC)cc3)C3(c4ccccc4)C(=O)C2(c2ccccc2)C2C(=O)N(c4cccc(C(=O)O)c4)C(=O)C23)cc1. The van der Waals surface area contributed by atoms with Gasteiger partial charge in [-0.05, 0) is 75.9 Å². The van der Waals surface area contributed by atoms with Gasteiger partial charge >= 0.3 is 5.97 Å². The van der Waals surface area contributed by atoms with Gasteiger partial charge in [0.25, 0.3) is 0 Å². The number of ether oxygens (including phenoxy) is 2. The van der Waals surface area contributed by atoms with Gasteiger partial charge in [-0.15, -0.1) is 0 Å². The Kier molecular flexibility index (Phi) is 7.08. The molecule has 2 bridgehead atoms. The Morgan fingerprint density at radius 1 is 0.600 bits per heavy atom. The molecule has 8 heteroatoms. The number of allylic oxidation sites excluding steroid dienone is 2. The number of hydrogen-bond donors (Lipinski definition) is 1. The molecule has 1 heterocycles. The standard InChI is InChI=1S/C42H31NO7/c1-49-31-20-16-25(17-21-31)33-34(26-18-22-32(50-2)23-19-26)42(29-13-7-4-8-14-29)36-35(41(33,40(42)48)28-11-5-3-6-12-28)37(44)43(38(36)45)30-15-9-10-27(24-30)39(46)47/h3-24,35-36H,1-2H3,(H,46,47). The lowest BCUT2D eigenvalue weighted by Crippen LogP contribution is -2.45. The molecule has 246 valence electrons. The van der Waals surface area contributed by atoms with Crippen molar-refractivity contribution >= 4 is 40.4 Å². The Morgan fingerprint density at radius 2 is 1.04 bits per heavy atom. The van der Waals surface area contributed by atoms with Gasteiger partial charge in [-0.2, -0.15) is 0 Å². The van der Waals surface area contributed by atoms with Gasteiger partial charge in [0.2, 0.25) is 11.8 Å². The molecule has 0 radical (unpaired) electrons. The molecule has 2 fully saturated rings. The van der Waals surface area contributed by atoms with Gasteiger partial charge in [-0.3, -0.25) is 14.4 Å². The van der Waals surface area contributed by atoms with Gasteiger partial charge in [-0.1, -0.05) is 91.0 Å². The van der Waals surface area contributed by atoms with Crippen LogP contribution in [0.1, 0.15) is 32.6 Å². The smallest absolute Gasteiger partial charge is 0.335 e. The van der Waals surface area contributed by atoms with E-state index in [-0.39, 0.29) is 17.0 Å². The number of carboxylic acids is 1. The molecule has 3 aliphatic rings. The number of hydrogen-bond acceptors (Lipinski definition) is 6. The van der Waals surface area contributed by atoms with Crippen molar-refractivity contribution in [3.8, 4) is 11.5 Å². The molecular formula is C42H31NO7. The number of imide groups is 1. The van der Waals surface area contributed by atoms with Gasteiger partial charge in [-0.25, -0.2) is 9.69 Å². The third kappa shape index (κ3) is 3.99. The fourth-order valence-corrected chi connectivity index (χ4v) is 8.67. The Balaban J connectivity index is 1.53. The van der Waals surface area contributed by atoms with Crippen molar-refractivity contribution in [2.75, 3.05) is 19.1 Å². The number of carbonyl (C=O) groups excluding carboxylic acids is 3. The summed E-state index contributed by atoms with van der Waals surface area (Å²) in [6.07, 6.45) is 0. The van der Waals surface area contributed by atoms with Crippen LogP contribution in [0.15, 0.2) is 133 Å². The second kappa shape index (κ2) is 11.4. The van der Waals surface area contributed by atoms with Gasteiger partial charge < -0.3 is 14.6 Å². The summed E-state index contributed by atoms with van der Waals surface area (Å²) in [6, 6.07) is 39.1. The van der Waals surface area contributed by atoms with E-state index in [4.69, 9.17) is 9.47 Å². The highest BCUT2D eigenvalue weighted by Crippen LogP contribution is 2.74. The number of Topliss-reactive ketones (excluding diaryl/α,β-unsaturated/α-hetero) is 1. The van der Waals surface area contributed by atoms with E-state index in [9.17, 15) is 9.90 Å². The van der Waals surface area contributed by atoms with Gasteiger partial charge in [0.1, 0.15) is 11.5 Å². The second-order valence-electron chi connectivity index (χ2n) is 12.7. The van der Waals surface area contributed by atoms with Crippen LogP contribution in [-0.2, 0) is 25.2 Å². The van der Waals surface area contributed by atoms with Crippen molar-refractivity contribution in [1.29, 1.82) is 0 Å². The van der Waals surface area contributed by atoms with E-state index in [0.717, 1.165) is 4.90 Å². The molecule has 8 nitrogen and oxygen atoms in total. The van der Waals surface area contributed by atoms with E-state index >= 15 is 14.4 Å². The first-order valence-corrected chi connectivity index (χ1v) is 16.2. The summed E-state index contributed by atoms with van der Waals surface area (Å²) in [6.45, 7) is 0. The van der Waals surface area contributed by atoms with E-state index in [2.05, 4.69) is 0 Å². The van der Waals surface area contributed by atoms with Crippen LogP contribution in [0, 0.1) is 11.8 Å². The topological polar surface area (TPSA) is 110 Å². The van der Waals surface area contributed by atoms with Crippen LogP contribution in [0.4, 0.5) is 5.69 Å². The predicted octanol–water partition coefficient (Wildman–Crippen LogP) is 6.59. The molecular weight excluding hydrogens is 630 g/mol. The highest BCUT2D eigenvalue weighted by molar-refractivity contribution is 6.39. The van der Waals surface area contributed by atoms with Crippen molar-refractivity contribution in [1.82, 2.24) is 0 Å². The number of fused-ring (bicyclic) bond motifs is 5. The molecule has 50 heavy (non-hydrogen) atoms. The average Bonchev–Trinajstić information content (AvgIpc) is 3.67. The van der Waals surface area contributed by atoms with Crippen molar-refractivity contribution in [2.45, 2.75) is 10.8 Å². The number of carbonyl (C=O) groups is 4. The normalized spacial score (nSPS) is 23.7. The second-order valence-corrected chi connectivity index (χ2v) is 12.7. The number of anilines is 1. The minimum Gasteiger partial charge on any atom is -0.497 e. The molecule has 5 aromatic carbocycles. The summed E-state index contributed by atoms with van der Waals surface area (Å²) in [7, 11) is 3.16. The first-order valence-electron chi connectivity index (χ1n) is 16.2. The number of methoxy groups -OCH3 is 2. The van der Waals surface area contributed by atoms with Crippen LogP contribution < -0.4 is 14.4 Å². The van der Waals surface area contributed by atoms with E-state index in [0.29, 0.717) is 44.9 Å². The van der Waals surface area contributed by atoms with E-state index in [1.165, 1.54) is 18.2 Å². The maximum absolute atomic E-state index is 16.0. The van der Waals surface area contributed by atoms with Gasteiger partial charge in [0.05, 0.1) is 48.1 Å². The molecule has 8 rings (SSSR count). The zero-order chi connectivity index (χ0) is 34.8. The van der Waals surface area contributed by atoms with Crippen molar-refractivity contribution in [3.63, 3.8) is 0 Å². The molecule has 2 aliphatic carbocycles. The lowest BCUT2D eigenvalue weighted by Gasteiger charge is -2.39. The molecule has 1 saturated carbocycles. The fraction of sp³-hybridized carbons (Fsp3) is 0.143. The summed E-state index contributed by atoms with van der Waals surface area (Å²) in [5.41, 5.74) is 0.741. The minimum atomic E-state index is -1.60. The number of ketones is 1. The monoisotopic (exact) mass is 661 g/mol. The maximum atomic E-state index is 16.0. The molecule has 0 spiro atoms. The first-order chi connectivity index (χ1) is 24.3. The largest absolute Gasteiger partial charge is 0.497 e. The van der Waals surface area contributed by atoms with Crippen molar-refractivity contribution in [2.24, 2.45) is 11.8 Å². The van der Waals surface area contributed by atoms with Crippen molar-refractivity contribution < 1.29 is 33.8 Å². The molecule has 1 aliphatic heterocycles. The maximum Gasteiger partial charge on any atom is 0.335 e. The van der Waals surface area contributed by atoms with E-state index < -0.39 is 40.4 Å². The number of carboxylic acid groups (broad SMARTS) is 1. The molecule has 1 saturated heterocycles. The Hall–Kier alpha value is -6.28. The lowest BCUT2D eigenvalue weighted by molar-refractivity contribution is -0.130. The highest BCUT2D eigenvalue weighted by Gasteiger charge is 2.82. The number of nitrogens with zero attached hydrogens (tertiary/aromatic N) is 1. The number of amides is 2. The van der Waals surface area contributed by atoms with Crippen LogP contribution in [0.25, 0.3) is 11.1 Å². The third-order valence-corrected chi connectivity index (χ3v) is 10.6. The summed E-state index contributed by atoms with van der Waals surface area (Å²) in [5.74, 6) is -3.60. The van der Waals surface area contributed by atoms with E-state index in [1.54, 1.807) is 20.3 Å². The van der Waals surface area contributed by atoms with Crippen molar-refractivity contribution in [3.05, 3.63) is 161 Å². The Bertz CT molecular complexity index is 2100. The first kappa shape index (κ1) is 31.0. The lowest BCUT2D eigenvalue weighted by atomic mass is 9.59. The summed E-state index contributed by atoms with van der Waals surface area (Å²) < 4.78 is 11.0. The van der Waals surface area contributed by atoms with Crippen LogP contribution in [0.3, 0.4) is 0 Å². The number of aromatic carboxylic acids is 1. The molecule has 0 aromatic heterocycles. The molecule has 5 aromatic rings. The number of benzene rings is 5. The fourth-order valence-electron chi connectivity index (χ4n) is 8.67. The summed E-state index contributed by atoms with van der Waals surface area (Å²) in [4.78, 5) is 59.3. The van der Waals surface area contributed by atoms with Gasteiger partial charge in [0.15, 0.2) is 5.78 Å². The quantitative estimate of drug-likeness (QED) is 0.187. The number of rotatable bonds is 8. The van der Waals surface area contributed by atoms with Crippen LogP contribution in [0.5, 0.6) is 11.5 Å². The van der Waals surface area contributed by atoms with Crippen LogP contribution in [-0.4, -0.2) is 42.9 Å². The van der Waals surface area contributed by atoms with Crippen LogP contribution in [0.2, 0.25) is 0 Å². The van der Waals surface area contributed by atoms with Gasteiger partial charge in [0, 0.05) is 0 Å². The zero-order valence-corrected chi connectivity index (χ0v) is 27.2. The molecule has 4 unspecified atom stereocenters. The summed E-state index contributed by atoms with van der Waals surface area (Å²) >= 11 is 0.